The van der Waals surface area contributed by atoms with Crippen LogP contribution in [0.15, 0.2) is 27.6 Å². The molecule has 1 aliphatic rings. The van der Waals surface area contributed by atoms with E-state index in [1.54, 1.807) is 12.1 Å². The molecule has 0 radical (unpaired) electrons. The number of sulfonamides is 1. The van der Waals surface area contributed by atoms with Crippen LogP contribution in [0.2, 0.25) is 5.02 Å². The lowest BCUT2D eigenvalue weighted by atomic mass is 10.1. The number of rotatable bonds is 4. The van der Waals surface area contributed by atoms with Gasteiger partial charge in [-0.25, -0.2) is 13.1 Å². The standard InChI is InChI=1S/C12H14Br2ClNO2S/c13-9-2-1-8(5-9)7-16-19(17,18)12-4-3-10(14)6-11(12)15/h3-4,6,8-9,16H,1-2,5,7H2. The summed E-state index contributed by atoms with van der Waals surface area (Å²) in [6.07, 6.45) is 3.16. The fourth-order valence-corrected chi connectivity index (χ4v) is 5.14. The SMILES string of the molecule is O=S(=O)(NCC1CCC(Br)C1)c1ccc(Br)cc1Cl. The number of halogens is 3. The van der Waals surface area contributed by atoms with Crippen LogP contribution in [0, 0.1) is 5.92 Å². The van der Waals surface area contributed by atoms with Gasteiger partial charge >= 0.3 is 0 Å². The average Bonchev–Trinajstić information content (AvgIpc) is 2.72. The number of hydrogen-bond acceptors (Lipinski definition) is 2. The van der Waals surface area contributed by atoms with Crippen LogP contribution >= 0.6 is 43.5 Å². The van der Waals surface area contributed by atoms with Gasteiger partial charge in [-0.1, -0.05) is 43.5 Å². The number of benzene rings is 1. The third-order valence-electron chi connectivity index (χ3n) is 3.22. The first kappa shape index (κ1) is 15.8. The summed E-state index contributed by atoms with van der Waals surface area (Å²) < 4.78 is 27.8. The predicted molar refractivity (Wildman–Crippen MR) is 84.4 cm³/mol. The summed E-state index contributed by atoms with van der Waals surface area (Å²) in [5, 5.41) is 0.228. The smallest absolute Gasteiger partial charge is 0.211 e. The largest absolute Gasteiger partial charge is 0.242 e. The average molecular weight is 432 g/mol. The van der Waals surface area contributed by atoms with Gasteiger partial charge in [0, 0.05) is 15.8 Å². The highest BCUT2D eigenvalue weighted by Gasteiger charge is 2.25. The molecule has 2 rings (SSSR count). The summed E-state index contributed by atoms with van der Waals surface area (Å²) in [5.41, 5.74) is 0. The summed E-state index contributed by atoms with van der Waals surface area (Å²) in [4.78, 5) is 0.643. The van der Waals surface area contributed by atoms with E-state index in [9.17, 15) is 8.42 Å². The fraction of sp³-hybridized carbons (Fsp3) is 0.500. The first-order valence-corrected chi connectivity index (χ1v) is 9.54. The summed E-state index contributed by atoms with van der Waals surface area (Å²) in [6.45, 7) is 0.469. The highest BCUT2D eigenvalue weighted by Crippen LogP contribution is 2.31. The van der Waals surface area contributed by atoms with Crippen LogP contribution in [0.3, 0.4) is 0 Å². The molecule has 19 heavy (non-hydrogen) atoms. The fourth-order valence-electron chi connectivity index (χ4n) is 2.20. The second kappa shape index (κ2) is 6.43. The quantitative estimate of drug-likeness (QED) is 0.734. The maximum absolute atomic E-state index is 12.2. The second-order valence-electron chi connectivity index (χ2n) is 4.70. The van der Waals surface area contributed by atoms with Crippen LogP contribution in [0.5, 0.6) is 0 Å². The predicted octanol–water partition coefficient (Wildman–Crippen LogP) is 3.94. The minimum atomic E-state index is -3.53. The highest BCUT2D eigenvalue weighted by atomic mass is 79.9. The summed E-state index contributed by atoms with van der Waals surface area (Å²) in [6, 6.07) is 4.77. The van der Waals surface area contributed by atoms with E-state index in [1.807, 2.05) is 0 Å². The lowest BCUT2D eigenvalue weighted by molar-refractivity contribution is 0.521. The Bertz CT molecular complexity index is 565. The van der Waals surface area contributed by atoms with Gasteiger partial charge in [-0.15, -0.1) is 0 Å². The van der Waals surface area contributed by atoms with E-state index in [0.29, 0.717) is 17.3 Å². The van der Waals surface area contributed by atoms with E-state index in [2.05, 4.69) is 36.6 Å². The number of hydrogen-bond donors (Lipinski definition) is 1. The van der Waals surface area contributed by atoms with Crippen molar-refractivity contribution in [3.05, 3.63) is 27.7 Å². The molecule has 1 aromatic carbocycles. The van der Waals surface area contributed by atoms with Gasteiger partial charge in [0.05, 0.1) is 5.02 Å². The van der Waals surface area contributed by atoms with Crippen LogP contribution in [-0.2, 0) is 10.0 Å². The van der Waals surface area contributed by atoms with Gasteiger partial charge in [-0.3, -0.25) is 0 Å². The Kier molecular flexibility index (Phi) is 5.34. The molecule has 2 atom stereocenters. The first-order chi connectivity index (χ1) is 8.88. The van der Waals surface area contributed by atoms with Gasteiger partial charge < -0.3 is 0 Å². The van der Waals surface area contributed by atoms with E-state index in [0.717, 1.165) is 23.7 Å². The summed E-state index contributed by atoms with van der Waals surface area (Å²) in [5.74, 6) is 0.397. The van der Waals surface area contributed by atoms with Gasteiger partial charge in [-0.05, 0) is 43.4 Å². The zero-order chi connectivity index (χ0) is 14.0. The molecule has 3 nitrogen and oxygen atoms in total. The van der Waals surface area contributed by atoms with Crippen molar-refractivity contribution < 1.29 is 8.42 Å². The van der Waals surface area contributed by atoms with Crippen LogP contribution in [0.4, 0.5) is 0 Å². The van der Waals surface area contributed by atoms with Crippen molar-refractivity contribution in [1.29, 1.82) is 0 Å². The van der Waals surface area contributed by atoms with Crippen LogP contribution in [0.25, 0.3) is 0 Å². The van der Waals surface area contributed by atoms with Crippen molar-refractivity contribution in [3.8, 4) is 0 Å². The molecule has 0 bridgehead atoms. The monoisotopic (exact) mass is 429 g/mol. The normalized spacial score (nSPS) is 23.7. The van der Waals surface area contributed by atoms with Crippen molar-refractivity contribution in [3.63, 3.8) is 0 Å². The number of nitrogens with one attached hydrogen (secondary N) is 1. The van der Waals surface area contributed by atoms with Crippen molar-refractivity contribution in [2.75, 3.05) is 6.54 Å². The Hall–Kier alpha value is 0.380. The van der Waals surface area contributed by atoms with Gasteiger partial charge in [0.1, 0.15) is 4.90 Å². The molecule has 1 fully saturated rings. The van der Waals surface area contributed by atoms with Crippen molar-refractivity contribution in [1.82, 2.24) is 4.72 Å². The highest BCUT2D eigenvalue weighted by molar-refractivity contribution is 9.10. The van der Waals surface area contributed by atoms with Gasteiger partial charge in [0.15, 0.2) is 0 Å². The van der Waals surface area contributed by atoms with E-state index in [4.69, 9.17) is 11.6 Å². The van der Waals surface area contributed by atoms with Gasteiger partial charge in [0.2, 0.25) is 10.0 Å². The van der Waals surface area contributed by atoms with Crippen LogP contribution in [0.1, 0.15) is 19.3 Å². The molecule has 1 aliphatic carbocycles. The molecule has 0 spiro atoms. The van der Waals surface area contributed by atoms with Crippen molar-refractivity contribution in [2.24, 2.45) is 5.92 Å². The lowest BCUT2D eigenvalue weighted by Gasteiger charge is -2.12. The van der Waals surface area contributed by atoms with Crippen LogP contribution < -0.4 is 4.72 Å². The molecule has 0 heterocycles. The molecular formula is C12H14Br2ClNO2S. The molecule has 1 N–H and O–H groups in total. The maximum Gasteiger partial charge on any atom is 0.242 e. The molecular weight excluding hydrogens is 417 g/mol. The Balaban J connectivity index is 2.06. The van der Waals surface area contributed by atoms with Crippen LogP contribution in [-0.4, -0.2) is 19.8 Å². The second-order valence-corrected chi connectivity index (χ2v) is 9.06. The molecule has 1 saturated carbocycles. The zero-order valence-corrected chi connectivity index (χ0v) is 14.8. The summed E-state index contributed by atoms with van der Waals surface area (Å²) >= 11 is 12.8. The molecule has 2 unspecified atom stereocenters. The minimum absolute atomic E-state index is 0.130. The third kappa shape index (κ3) is 4.17. The van der Waals surface area contributed by atoms with E-state index < -0.39 is 10.0 Å². The van der Waals surface area contributed by atoms with Crippen molar-refractivity contribution in [2.45, 2.75) is 29.0 Å². The Morgan fingerprint density at radius 1 is 1.37 bits per heavy atom. The number of alkyl halides is 1. The Morgan fingerprint density at radius 2 is 2.11 bits per heavy atom. The molecule has 0 aromatic heterocycles. The first-order valence-electron chi connectivity index (χ1n) is 5.97. The summed E-state index contributed by atoms with van der Waals surface area (Å²) in [7, 11) is -3.53. The Morgan fingerprint density at radius 3 is 2.68 bits per heavy atom. The van der Waals surface area contributed by atoms with Gasteiger partial charge in [-0.2, -0.15) is 0 Å². The maximum atomic E-state index is 12.2. The molecule has 106 valence electrons. The molecule has 0 saturated heterocycles. The molecule has 7 heteroatoms. The zero-order valence-electron chi connectivity index (χ0n) is 10.1. The van der Waals surface area contributed by atoms with Crippen molar-refractivity contribution >= 4 is 53.5 Å². The topological polar surface area (TPSA) is 46.2 Å². The van der Waals surface area contributed by atoms with Gasteiger partial charge in [0.25, 0.3) is 0 Å². The Labute approximate surface area is 135 Å². The van der Waals surface area contributed by atoms with E-state index in [-0.39, 0.29) is 9.92 Å². The minimum Gasteiger partial charge on any atom is -0.211 e. The van der Waals surface area contributed by atoms with E-state index >= 15 is 0 Å². The van der Waals surface area contributed by atoms with E-state index in [1.165, 1.54) is 6.07 Å². The third-order valence-corrected chi connectivity index (χ3v) is 6.45. The molecule has 1 aromatic rings. The lowest BCUT2D eigenvalue weighted by Crippen LogP contribution is -2.28. The molecule has 0 amide bonds. The molecule has 0 aliphatic heterocycles.